The molecule has 0 aliphatic heterocycles. The van der Waals surface area contributed by atoms with E-state index in [4.69, 9.17) is 0 Å². The zero-order valence-electron chi connectivity index (χ0n) is 15.6. The van der Waals surface area contributed by atoms with Crippen molar-refractivity contribution in [2.45, 2.75) is 11.8 Å². The predicted octanol–water partition coefficient (Wildman–Crippen LogP) is 1.85. The number of aromatic nitrogens is 1. The Morgan fingerprint density at radius 2 is 1.48 bits per heavy atom. The number of carbonyl (C=O) groups is 2. The summed E-state index contributed by atoms with van der Waals surface area (Å²) in [7, 11) is -3.59. The number of nitrogens with one attached hydrogen (secondary N) is 3. The molecule has 9 heteroatoms. The van der Waals surface area contributed by atoms with Gasteiger partial charge in [-0.1, -0.05) is 19.1 Å². The van der Waals surface area contributed by atoms with E-state index in [9.17, 15) is 18.0 Å². The highest BCUT2D eigenvalue weighted by Crippen LogP contribution is 2.14. The van der Waals surface area contributed by atoms with Gasteiger partial charge in [-0.25, -0.2) is 13.1 Å². The number of hydrogen-bond donors (Lipinski definition) is 3. The quantitative estimate of drug-likeness (QED) is 0.537. The topological polar surface area (TPSA) is 109 Å². The van der Waals surface area contributed by atoms with E-state index >= 15 is 0 Å². The molecule has 150 valence electrons. The molecule has 8 nitrogen and oxygen atoms in total. The van der Waals surface area contributed by atoms with Gasteiger partial charge >= 0.3 is 0 Å². The largest absolute Gasteiger partial charge is 0.323 e. The van der Waals surface area contributed by atoms with Crippen LogP contribution in [0.15, 0.2) is 78.0 Å². The third kappa shape index (κ3) is 4.71. The molecule has 0 bridgehead atoms. The molecule has 0 aliphatic rings. The first-order valence-corrected chi connectivity index (χ1v) is 10.3. The average molecular weight is 412 g/mol. The predicted molar refractivity (Wildman–Crippen MR) is 108 cm³/mol. The van der Waals surface area contributed by atoms with Crippen molar-refractivity contribution >= 4 is 21.8 Å². The zero-order chi connectivity index (χ0) is 20.9. The minimum Gasteiger partial charge on any atom is -0.323 e. The molecule has 3 rings (SSSR count). The summed E-state index contributed by atoms with van der Waals surface area (Å²) in [6.45, 7) is 1.94. The second-order valence-electron chi connectivity index (χ2n) is 6.04. The average Bonchev–Trinajstić information content (AvgIpc) is 3.26. The van der Waals surface area contributed by atoms with Crippen molar-refractivity contribution in [2.24, 2.45) is 0 Å². The molecule has 0 unspecified atom stereocenters. The van der Waals surface area contributed by atoms with Crippen LogP contribution < -0.4 is 15.6 Å². The fourth-order valence-electron chi connectivity index (χ4n) is 2.70. The van der Waals surface area contributed by atoms with Crippen LogP contribution in [-0.2, 0) is 10.0 Å². The van der Waals surface area contributed by atoms with Crippen LogP contribution in [0.1, 0.15) is 27.6 Å². The first-order valence-electron chi connectivity index (χ1n) is 8.85. The van der Waals surface area contributed by atoms with Gasteiger partial charge in [0.25, 0.3) is 11.8 Å². The van der Waals surface area contributed by atoms with Crippen LogP contribution in [-0.4, -0.2) is 31.3 Å². The van der Waals surface area contributed by atoms with Crippen LogP contribution in [0.4, 0.5) is 0 Å². The number of amides is 2. The molecule has 2 amide bonds. The summed E-state index contributed by atoms with van der Waals surface area (Å²) in [4.78, 5) is 24.9. The molecule has 1 heterocycles. The first-order chi connectivity index (χ1) is 13.9. The Morgan fingerprint density at radius 1 is 0.862 bits per heavy atom. The van der Waals surface area contributed by atoms with Crippen LogP contribution in [0.2, 0.25) is 0 Å². The molecule has 2 aromatic carbocycles. The molecule has 29 heavy (non-hydrogen) atoms. The summed E-state index contributed by atoms with van der Waals surface area (Å²) < 4.78 is 28.1. The van der Waals surface area contributed by atoms with Crippen molar-refractivity contribution in [2.75, 3.05) is 6.54 Å². The number of hydrogen-bond acceptors (Lipinski definition) is 4. The third-order valence-electron chi connectivity index (χ3n) is 4.08. The second-order valence-corrected chi connectivity index (χ2v) is 7.81. The lowest BCUT2D eigenvalue weighted by atomic mass is 10.1. The van der Waals surface area contributed by atoms with Crippen molar-refractivity contribution in [1.29, 1.82) is 0 Å². The van der Waals surface area contributed by atoms with Crippen molar-refractivity contribution in [3.8, 4) is 5.69 Å². The highest BCUT2D eigenvalue weighted by atomic mass is 32.2. The van der Waals surface area contributed by atoms with Gasteiger partial charge in [-0.15, -0.1) is 0 Å². The highest BCUT2D eigenvalue weighted by molar-refractivity contribution is 7.89. The first kappa shape index (κ1) is 20.3. The maximum absolute atomic E-state index is 12.5. The Labute approximate surface area is 168 Å². The van der Waals surface area contributed by atoms with Gasteiger partial charge in [-0.3, -0.25) is 20.4 Å². The summed E-state index contributed by atoms with van der Waals surface area (Å²) in [5.41, 5.74) is 5.98. The molecule has 3 aromatic rings. The summed E-state index contributed by atoms with van der Waals surface area (Å²) in [5, 5.41) is 0. The van der Waals surface area contributed by atoms with Crippen LogP contribution >= 0.6 is 0 Å². The molecule has 0 saturated carbocycles. The maximum atomic E-state index is 12.5. The van der Waals surface area contributed by atoms with Crippen LogP contribution in [0.3, 0.4) is 0 Å². The van der Waals surface area contributed by atoms with Gasteiger partial charge in [-0.2, -0.15) is 0 Å². The Hall–Kier alpha value is -3.43. The Bertz CT molecular complexity index is 1110. The minimum absolute atomic E-state index is 0.0561. The normalized spacial score (nSPS) is 11.1. The number of rotatable bonds is 6. The maximum Gasteiger partial charge on any atom is 0.271 e. The smallest absolute Gasteiger partial charge is 0.271 e. The second kappa shape index (κ2) is 8.72. The number of hydrazine groups is 1. The summed E-state index contributed by atoms with van der Waals surface area (Å²) in [6.07, 6.45) is 3.63. The van der Waals surface area contributed by atoms with Crippen LogP contribution in [0, 0.1) is 0 Å². The van der Waals surface area contributed by atoms with Crippen molar-refractivity contribution in [1.82, 2.24) is 20.1 Å². The molecule has 0 atom stereocenters. The monoisotopic (exact) mass is 412 g/mol. The molecular weight excluding hydrogens is 392 g/mol. The Morgan fingerprint density at radius 3 is 2.14 bits per heavy atom. The van der Waals surface area contributed by atoms with Gasteiger partial charge in [0.1, 0.15) is 0 Å². The SMILES string of the molecule is CCNS(=O)(=O)c1ccc(C(=O)NNC(=O)c2ccccc2-n2cccc2)cc1. The molecular formula is C20H20N4O4S. The van der Waals surface area contributed by atoms with E-state index in [0.29, 0.717) is 11.3 Å². The fraction of sp³-hybridized carbons (Fsp3) is 0.100. The molecule has 0 spiro atoms. The van der Waals surface area contributed by atoms with Gasteiger partial charge in [0.15, 0.2) is 0 Å². The minimum atomic E-state index is -3.59. The molecule has 0 saturated heterocycles. The van der Waals surface area contributed by atoms with Crippen molar-refractivity contribution in [3.05, 3.63) is 84.2 Å². The van der Waals surface area contributed by atoms with E-state index in [1.165, 1.54) is 24.3 Å². The van der Waals surface area contributed by atoms with Gasteiger partial charge in [0, 0.05) is 24.5 Å². The lowest BCUT2D eigenvalue weighted by molar-refractivity contribution is 0.0846. The van der Waals surface area contributed by atoms with Gasteiger partial charge in [0.05, 0.1) is 16.1 Å². The Kier molecular flexibility index (Phi) is 6.10. The standard InChI is InChI=1S/C20H20N4O4S/c1-2-21-29(27,28)16-11-9-15(10-12-16)19(25)22-23-20(26)17-7-3-4-8-18(17)24-13-5-6-14-24/h3-14,21H,2H2,1H3,(H,22,25)(H,23,26). The molecule has 3 N–H and O–H groups in total. The summed E-state index contributed by atoms with van der Waals surface area (Å²) in [5.74, 6) is -1.04. The van der Waals surface area contributed by atoms with E-state index in [1.807, 2.05) is 30.6 Å². The van der Waals surface area contributed by atoms with Gasteiger partial charge in [0.2, 0.25) is 10.0 Å². The van der Waals surface area contributed by atoms with E-state index in [1.54, 1.807) is 29.7 Å². The highest BCUT2D eigenvalue weighted by Gasteiger charge is 2.15. The Balaban J connectivity index is 1.68. The molecule has 0 radical (unpaired) electrons. The lowest BCUT2D eigenvalue weighted by Gasteiger charge is -2.12. The van der Waals surface area contributed by atoms with Crippen LogP contribution in [0.5, 0.6) is 0 Å². The number of carbonyl (C=O) groups excluding carboxylic acids is 2. The van der Waals surface area contributed by atoms with E-state index in [-0.39, 0.29) is 17.0 Å². The van der Waals surface area contributed by atoms with E-state index < -0.39 is 21.8 Å². The summed E-state index contributed by atoms with van der Waals surface area (Å²) in [6, 6.07) is 16.1. The van der Waals surface area contributed by atoms with Crippen molar-refractivity contribution < 1.29 is 18.0 Å². The summed E-state index contributed by atoms with van der Waals surface area (Å²) >= 11 is 0. The number of para-hydroxylation sites is 1. The molecule has 1 aromatic heterocycles. The lowest BCUT2D eigenvalue weighted by Crippen LogP contribution is -2.42. The van der Waals surface area contributed by atoms with Crippen molar-refractivity contribution in [3.63, 3.8) is 0 Å². The van der Waals surface area contributed by atoms with Gasteiger partial charge < -0.3 is 4.57 Å². The third-order valence-corrected chi connectivity index (χ3v) is 5.64. The van der Waals surface area contributed by atoms with E-state index in [2.05, 4.69) is 15.6 Å². The fourth-order valence-corrected chi connectivity index (χ4v) is 3.74. The zero-order valence-corrected chi connectivity index (χ0v) is 16.4. The van der Waals surface area contributed by atoms with Crippen LogP contribution in [0.25, 0.3) is 5.69 Å². The number of nitrogens with zero attached hydrogens (tertiary/aromatic N) is 1. The number of sulfonamides is 1. The van der Waals surface area contributed by atoms with Gasteiger partial charge in [-0.05, 0) is 48.5 Å². The van der Waals surface area contributed by atoms with E-state index in [0.717, 1.165) is 0 Å². The molecule has 0 fully saturated rings. The number of benzene rings is 2. The molecule has 0 aliphatic carbocycles.